The van der Waals surface area contributed by atoms with Crippen molar-refractivity contribution in [2.75, 3.05) is 18.0 Å². The molecule has 0 saturated carbocycles. The van der Waals surface area contributed by atoms with Gasteiger partial charge in [0.15, 0.2) is 0 Å². The zero-order chi connectivity index (χ0) is 11.8. The molecule has 2 aromatic rings. The van der Waals surface area contributed by atoms with E-state index < -0.39 is 0 Å². The lowest BCUT2D eigenvalue weighted by Gasteiger charge is -2.35. The number of nitrogens with two attached hydrogens (primary N) is 1. The molecule has 17 heavy (non-hydrogen) atoms. The van der Waals surface area contributed by atoms with Crippen LogP contribution in [0.25, 0.3) is 10.2 Å². The van der Waals surface area contributed by atoms with Crippen LogP contribution in [0.5, 0.6) is 0 Å². The average Bonchev–Trinajstić information content (AvgIpc) is 2.80. The third kappa shape index (κ3) is 1.89. The van der Waals surface area contributed by atoms with Crippen molar-refractivity contribution in [3.63, 3.8) is 0 Å². The molecule has 1 fully saturated rings. The lowest BCUT2D eigenvalue weighted by atomic mass is 9.94. The van der Waals surface area contributed by atoms with Crippen LogP contribution in [0.3, 0.4) is 0 Å². The van der Waals surface area contributed by atoms with E-state index in [0.29, 0.717) is 5.92 Å². The van der Waals surface area contributed by atoms with Crippen molar-refractivity contribution in [1.82, 2.24) is 9.97 Å². The smallest absolute Gasteiger partial charge is 0.140 e. The molecule has 0 spiro atoms. The van der Waals surface area contributed by atoms with Gasteiger partial charge >= 0.3 is 0 Å². The van der Waals surface area contributed by atoms with Crippen molar-refractivity contribution in [2.45, 2.75) is 19.4 Å². The Morgan fingerprint density at radius 2 is 2.35 bits per heavy atom. The number of piperidine rings is 1. The number of thiophene rings is 1. The van der Waals surface area contributed by atoms with Crippen molar-refractivity contribution in [2.24, 2.45) is 11.7 Å². The highest BCUT2D eigenvalue weighted by atomic mass is 32.1. The molecule has 1 aliphatic rings. The summed E-state index contributed by atoms with van der Waals surface area (Å²) in [5.74, 6) is 1.64. The summed E-state index contributed by atoms with van der Waals surface area (Å²) in [7, 11) is 0. The monoisotopic (exact) mass is 248 g/mol. The SMILES string of the molecule is CC1CCN(c2ncnc3sccc23)CC1N. The maximum absolute atomic E-state index is 6.14. The number of rotatable bonds is 1. The van der Waals surface area contributed by atoms with Gasteiger partial charge < -0.3 is 10.6 Å². The quantitative estimate of drug-likeness (QED) is 0.837. The minimum atomic E-state index is 0.243. The lowest BCUT2D eigenvalue weighted by molar-refractivity contribution is 0.378. The second-order valence-electron chi connectivity index (χ2n) is 4.71. The third-order valence-corrected chi connectivity index (χ3v) is 4.38. The first-order valence-electron chi connectivity index (χ1n) is 5.94. The molecular formula is C12H16N4S. The molecule has 1 aliphatic heterocycles. The Balaban J connectivity index is 1.96. The molecule has 2 N–H and O–H groups in total. The summed E-state index contributed by atoms with van der Waals surface area (Å²) in [6, 6.07) is 2.34. The highest BCUT2D eigenvalue weighted by Crippen LogP contribution is 2.29. The number of hydrogen-bond donors (Lipinski definition) is 1. The van der Waals surface area contributed by atoms with E-state index in [2.05, 4.69) is 33.2 Å². The summed E-state index contributed by atoms with van der Waals surface area (Å²) in [4.78, 5) is 12.1. The molecule has 2 unspecified atom stereocenters. The van der Waals surface area contributed by atoms with Crippen molar-refractivity contribution in [1.29, 1.82) is 0 Å². The van der Waals surface area contributed by atoms with Crippen LogP contribution in [-0.2, 0) is 0 Å². The van der Waals surface area contributed by atoms with Gasteiger partial charge in [-0.3, -0.25) is 0 Å². The molecule has 5 heteroatoms. The number of anilines is 1. The van der Waals surface area contributed by atoms with Gasteiger partial charge in [0.25, 0.3) is 0 Å². The Bertz CT molecular complexity index is 524. The fourth-order valence-electron chi connectivity index (χ4n) is 2.32. The number of fused-ring (bicyclic) bond motifs is 1. The largest absolute Gasteiger partial charge is 0.354 e. The van der Waals surface area contributed by atoms with Gasteiger partial charge in [0.2, 0.25) is 0 Å². The van der Waals surface area contributed by atoms with Gasteiger partial charge in [-0.15, -0.1) is 11.3 Å². The second-order valence-corrected chi connectivity index (χ2v) is 5.61. The maximum atomic E-state index is 6.14. The third-order valence-electron chi connectivity index (χ3n) is 3.56. The molecule has 0 bridgehead atoms. The van der Waals surface area contributed by atoms with Gasteiger partial charge in [-0.2, -0.15) is 0 Å². The summed E-state index contributed by atoms with van der Waals surface area (Å²) in [5.41, 5.74) is 6.14. The van der Waals surface area contributed by atoms with Crippen LogP contribution in [-0.4, -0.2) is 29.1 Å². The van der Waals surface area contributed by atoms with Crippen LogP contribution >= 0.6 is 11.3 Å². The van der Waals surface area contributed by atoms with E-state index in [1.807, 2.05) is 0 Å². The van der Waals surface area contributed by atoms with Gasteiger partial charge in [-0.25, -0.2) is 9.97 Å². The molecule has 4 nitrogen and oxygen atoms in total. The fraction of sp³-hybridized carbons (Fsp3) is 0.500. The number of aromatic nitrogens is 2. The summed E-state index contributed by atoms with van der Waals surface area (Å²) in [6.07, 6.45) is 2.79. The van der Waals surface area contributed by atoms with E-state index in [1.165, 1.54) is 0 Å². The molecule has 1 saturated heterocycles. The van der Waals surface area contributed by atoms with Crippen LogP contribution < -0.4 is 10.6 Å². The van der Waals surface area contributed by atoms with Crippen LogP contribution in [0.1, 0.15) is 13.3 Å². The van der Waals surface area contributed by atoms with Gasteiger partial charge in [0.05, 0.1) is 5.39 Å². The minimum Gasteiger partial charge on any atom is -0.354 e. The van der Waals surface area contributed by atoms with Crippen LogP contribution in [0.4, 0.5) is 5.82 Å². The molecule has 2 aromatic heterocycles. The van der Waals surface area contributed by atoms with Crippen molar-refractivity contribution < 1.29 is 0 Å². The maximum Gasteiger partial charge on any atom is 0.140 e. The average molecular weight is 248 g/mol. The first kappa shape index (κ1) is 10.9. The van der Waals surface area contributed by atoms with Crippen molar-refractivity contribution in [3.8, 4) is 0 Å². The molecule has 3 heterocycles. The summed E-state index contributed by atoms with van der Waals surface area (Å²) < 4.78 is 0. The zero-order valence-corrected chi connectivity index (χ0v) is 10.7. The van der Waals surface area contributed by atoms with E-state index in [4.69, 9.17) is 5.73 Å². The van der Waals surface area contributed by atoms with E-state index in [9.17, 15) is 0 Å². The highest BCUT2D eigenvalue weighted by molar-refractivity contribution is 7.16. The molecule has 0 radical (unpaired) electrons. The molecule has 0 aromatic carbocycles. The van der Waals surface area contributed by atoms with Gasteiger partial charge in [-0.1, -0.05) is 6.92 Å². The normalized spacial score (nSPS) is 25.4. The molecule has 0 amide bonds. The Morgan fingerprint density at radius 3 is 3.18 bits per heavy atom. The zero-order valence-electron chi connectivity index (χ0n) is 9.84. The Labute approximate surface area is 104 Å². The first-order chi connectivity index (χ1) is 8.25. The van der Waals surface area contributed by atoms with Crippen molar-refractivity contribution in [3.05, 3.63) is 17.8 Å². The van der Waals surface area contributed by atoms with E-state index in [0.717, 1.165) is 35.5 Å². The van der Waals surface area contributed by atoms with Crippen LogP contribution in [0, 0.1) is 5.92 Å². The van der Waals surface area contributed by atoms with E-state index in [-0.39, 0.29) is 6.04 Å². The second kappa shape index (κ2) is 4.23. The van der Waals surface area contributed by atoms with Gasteiger partial charge in [-0.05, 0) is 23.8 Å². The Hall–Kier alpha value is -1.20. The standard InChI is InChI=1S/C12H16N4S/c1-8-2-4-16(6-10(8)13)11-9-3-5-17-12(9)15-7-14-11/h3,5,7-8,10H,2,4,6,13H2,1H3. The van der Waals surface area contributed by atoms with Gasteiger partial charge in [0, 0.05) is 19.1 Å². The van der Waals surface area contributed by atoms with Crippen molar-refractivity contribution >= 4 is 27.4 Å². The summed E-state index contributed by atoms with van der Waals surface area (Å²) in [5, 5.41) is 3.22. The van der Waals surface area contributed by atoms with Gasteiger partial charge in [0.1, 0.15) is 17.0 Å². The predicted molar refractivity (Wildman–Crippen MR) is 71.4 cm³/mol. The fourth-order valence-corrected chi connectivity index (χ4v) is 3.05. The molecule has 0 aliphatic carbocycles. The molecule has 90 valence electrons. The van der Waals surface area contributed by atoms with Crippen LogP contribution in [0.2, 0.25) is 0 Å². The lowest BCUT2D eigenvalue weighted by Crippen LogP contribution is -2.47. The first-order valence-corrected chi connectivity index (χ1v) is 6.82. The molecule has 3 rings (SSSR count). The molecular weight excluding hydrogens is 232 g/mol. The van der Waals surface area contributed by atoms with E-state index >= 15 is 0 Å². The number of nitrogens with zero attached hydrogens (tertiary/aromatic N) is 3. The summed E-state index contributed by atoms with van der Waals surface area (Å²) in [6.45, 7) is 4.15. The Kier molecular flexibility index (Phi) is 2.72. The summed E-state index contributed by atoms with van der Waals surface area (Å²) >= 11 is 1.66. The van der Waals surface area contributed by atoms with E-state index in [1.54, 1.807) is 17.7 Å². The minimum absolute atomic E-state index is 0.243. The highest BCUT2D eigenvalue weighted by Gasteiger charge is 2.25. The van der Waals surface area contributed by atoms with Crippen LogP contribution in [0.15, 0.2) is 17.8 Å². The number of hydrogen-bond acceptors (Lipinski definition) is 5. The topological polar surface area (TPSA) is 55.0 Å². The predicted octanol–water partition coefficient (Wildman–Crippen LogP) is 1.86. The Morgan fingerprint density at radius 1 is 1.47 bits per heavy atom. The molecule has 2 atom stereocenters.